The Balaban J connectivity index is 2.21. The Morgan fingerprint density at radius 1 is 1.43 bits per heavy atom. The van der Waals surface area contributed by atoms with Crippen LogP contribution in [-0.4, -0.2) is 33.7 Å². The Hall–Kier alpha value is -1.84. The number of thiophene rings is 1. The van der Waals surface area contributed by atoms with Crippen molar-refractivity contribution in [2.45, 2.75) is 0 Å². The number of fused-ring (bicyclic) bond motifs is 1. The van der Waals surface area contributed by atoms with Crippen LogP contribution in [0.25, 0.3) is 10.1 Å². The van der Waals surface area contributed by atoms with E-state index in [1.54, 1.807) is 25.3 Å². The highest BCUT2D eigenvalue weighted by atomic mass is 32.2. The number of benzene rings is 1. The Labute approximate surface area is 125 Å². The molecule has 0 unspecified atom stereocenters. The van der Waals surface area contributed by atoms with Crippen LogP contribution in [0.2, 0.25) is 0 Å². The first-order valence-corrected chi connectivity index (χ1v) is 8.49. The first-order chi connectivity index (χ1) is 9.81. The molecule has 1 amide bonds. The molecule has 0 aliphatic rings. The van der Waals surface area contributed by atoms with Crippen molar-refractivity contribution in [1.82, 2.24) is 5.32 Å². The highest BCUT2D eigenvalue weighted by Gasteiger charge is 2.17. The molecule has 0 aliphatic carbocycles. The fourth-order valence-electron chi connectivity index (χ4n) is 1.78. The smallest absolute Gasteiger partial charge is 0.263 e. The summed E-state index contributed by atoms with van der Waals surface area (Å²) in [6.07, 6.45) is 0. The van der Waals surface area contributed by atoms with Gasteiger partial charge in [0, 0.05) is 16.6 Å². The van der Waals surface area contributed by atoms with Gasteiger partial charge in [0.05, 0.1) is 18.6 Å². The summed E-state index contributed by atoms with van der Waals surface area (Å²) in [6.45, 7) is -0.0608. The average Bonchev–Trinajstić information content (AvgIpc) is 2.74. The number of hydrogen-bond donors (Lipinski definition) is 3. The number of amides is 1. The number of anilines is 1. The monoisotopic (exact) mass is 329 g/mol. The normalized spacial score (nSPS) is 11.5. The van der Waals surface area contributed by atoms with E-state index in [1.807, 2.05) is 0 Å². The minimum absolute atomic E-state index is 0.0608. The molecule has 0 spiro atoms. The maximum atomic E-state index is 12.0. The second-order valence-electron chi connectivity index (χ2n) is 4.33. The largest absolute Gasteiger partial charge is 0.497 e. The van der Waals surface area contributed by atoms with Gasteiger partial charge in [-0.15, -0.1) is 11.3 Å². The van der Waals surface area contributed by atoms with E-state index in [0.29, 0.717) is 16.3 Å². The maximum absolute atomic E-state index is 12.0. The Morgan fingerprint density at radius 3 is 2.76 bits per heavy atom. The van der Waals surface area contributed by atoms with Crippen LogP contribution in [0.4, 0.5) is 5.69 Å². The molecule has 7 nitrogen and oxygen atoms in total. The molecule has 1 aromatic carbocycles. The summed E-state index contributed by atoms with van der Waals surface area (Å²) in [7, 11) is -2.05. The first-order valence-electron chi connectivity index (χ1n) is 5.96. The van der Waals surface area contributed by atoms with E-state index < -0.39 is 15.9 Å². The number of nitrogens with two attached hydrogens (primary N) is 2. The summed E-state index contributed by atoms with van der Waals surface area (Å²) in [5, 5.41) is 8.12. The number of nitrogens with one attached hydrogen (secondary N) is 1. The van der Waals surface area contributed by atoms with E-state index in [2.05, 4.69) is 5.32 Å². The number of carbonyl (C=O) groups is 1. The van der Waals surface area contributed by atoms with Crippen LogP contribution in [0.3, 0.4) is 0 Å². The number of rotatable bonds is 5. The van der Waals surface area contributed by atoms with Crippen LogP contribution >= 0.6 is 11.3 Å². The van der Waals surface area contributed by atoms with Gasteiger partial charge in [0.2, 0.25) is 10.0 Å². The van der Waals surface area contributed by atoms with E-state index >= 15 is 0 Å². The summed E-state index contributed by atoms with van der Waals surface area (Å²) in [5.74, 6) is -0.0709. The van der Waals surface area contributed by atoms with Gasteiger partial charge in [0.1, 0.15) is 10.6 Å². The molecule has 0 bridgehead atoms. The molecule has 0 radical (unpaired) electrons. The standard InChI is InChI=1S/C12H15N3O4S2/c1-19-7-2-3-8-9(6-7)20-11(10(8)13)12(16)15-4-5-21(14,17)18/h2-3,6H,4-5,13H2,1H3,(H,15,16)(H2,14,17,18). The molecular weight excluding hydrogens is 314 g/mol. The third-order valence-corrected chi connectivity index (χ3v) is 4.75. The van der Waals surface area contributed by atoms with Gasteiger partial charge in [0.25, 0.3) is 5.91 Å². The summed E-state index contributed by atoms with van der Waals surface area (Å²) >= 11 is 1.22. The van der Waals surface area contributed by atoms with Crippen molar-refractivity contribution in [3.63, 3.8) is 0 Å². The molecule has 9 heteroatoms. The molecule has 2 aromatic rings. The third kappa shape index (κ3) is 3.63. The van der Waals surface area contributed by atoms with Gasteiger partial charge < -0.3 is 15.8 Å². The van der Waals surface area contributed by atoms with Crippen molar-refractivity contribution in [2.24, 2.45) is 5.14 Å². The zero-order valence-corrected chi connectivity index (χ0v) is 12.9. The predicted molar refractivity (Wildman–Crippen MR) is 83.1 cm³/mol. The molecule has 0 saturated carbocycles. The predicted octanol–water partition coefficient (Wildman–Crippen LogP) is 0.510. The fraction of sp³-hybridized carbons (Fsp3) is 0.250. The van der Waals surface area contributed by atoms with Gasteiger partial charge in [-0.3, -0.25) is 4.79 Å². The second kappa shape index (κ2) is 5.88. The highest BCUT2D eigenvalue weighted by Crippen LogP contribution is 2.35. The van der Waals surface area contributed by atoms with E-state index in [9.17, 15) is 13.2 Å². The minimum Gasteiger partial charge on any atom is -0.497 e. The Morgan fingerprint density at radius 2 is 2.14 bits per heavy atom. The topological polar surface area (TPSA) is 125 Å². The maximum Gasteiger partial charge on any atom is 0.263 e. The van der Waals surface area contributed by atoms with E-state index in [4.69, 9.17) is 15.6 Å². The molecular formula is C12H15N3O4S2. The number of methoxy groups -OCH3 is 1. The fourth-order valence-corrected chi connectivity index (χ4v) is 3.23. The van der Waals surface area contributed by atoms with E-state index in [0.717, 1.165) is 10.1 Å². The molecule has 1 aromatic heterocycles. The van der Waals surface area contributed by atoms with E-state index in [1.165, 1.54) is 11.3 Å². The van der Waals surface area contributed by atoms with Crippen molar-refractivity contribution in [3.05, 3.63) is 23.1 Å². The van der Waals surface area contributed by atoms with Crippen LogP contribution in [0.15, 0.2) is 18.2 Å². The number of primary sulfonamides is 1. The highest BCUT2D eigenvalue weighted by molar-refractivity contribution is 7.89. The lowest BCUT2D eigenvalue weighted by atomic mass is 10.2. The molecule has 0 aliphatic heterocycles. The summed E-state index contributed by atoms with van der Waals surface area (Å²) < 4.78 is 27.6. The van der Waals surface area contributed by atoms with Gasteiger partial charge in [-0.25, -0.2) is 13.6 Å². The molecule has 0 fully saturated rings. The van der Waals surface area contributed by atoms with Crippen molar-refractivity contribution >= 4 is 43.0 Å². The molecule has 114 valence electrons. The molecule has 1 heterocycles. The van der Waals surface area contributed by atoms with Crippen LogP contribution in [0.5, 0.6) is 5.75 Å². The number of hydrogen-bond acceptors (Lipinski definition) is 6. The number of sulfonamides is 1. The van der Waals surface area contributed by atoms with Gasteiger partial charge in [0.15, 0.2) is 0 Å². The second-order valence-corrected chi connectivity index (χ2v) is 7.12. The summed E-state index contributed by atoms with van der Waals surface area (Å²) in [6, 6.07) is 5.33. The summed E-state index contributed by atoms with van der Waals surface area (Å²) in [5.41, 5.74) is 6.32. The first kappa shape index (κ1) is 15.5. The Kier molecular flexibility index (Phi) is 4.35. The summed E-state index contributed by atoms with van der Waals surface area (Å²) in [4.78, 5) is 12.4. The molecule has 5 N–H and O–H groups in total. The third-order valence-electron chi connectivity index (χ3n) is 2.81. The minimum atomic E-state index is -3.60. The van der Waals surface area contributed by atoms with Crippen LogP contribution < -0.4 is 20.9 Å². The zero-order chi connectivity index (χ0) is 15.6. The SMILES string of the molecule is COc1ccc2c(N)c(C(=O)NCCS(N)(=O)=O)sc2c1. The number of nitrogen functional groups attached to an aromatic ring is 1. The van der Waals surface area contributed by atoms with Gasteiger partial charge >= 0.3 is 0 Å². The van der Waals surface area contributed by atoms with Crippen LogP contribution in [-0.2, 0) is 10.0 Å². The van der Waals surface area contributed by atoms with Gasteiger partial charge in [-0.1, -0.05) is 0 Å². The number of ether oxygens (including phenoxy) is 1. The molecule has 0 saturated heterocycles. The van der Waals surface area contributed by atoms with Crippen LogP contribution in [0, 0.1) is 0 Å². The van der Waals surface area contributed by atoms with Crippen LogP contribution in [0.1, 0.15) is 9.67 Å². The number of carbonyl (C=O) groups excluding carboxylic acids is 1. The molecule has 2 rings (SSSR count). The van der Waals surface area contributed by atoms with Crippen molar-refractivity contribution in [1.29, 1.82) is 0 Å². The lowest BCUT2D eigenvalue weighted by molar-refractivity contribution is 0.0961. The lowest BCUT2D eigenvalue weighted by Gasteiger charge is -2.03. The quantitative estimate of drug-likeness (QED) is 0.737. The van der Waals surface area contributed by atoms with E-state index in [-0.39, 0.29) is 12.3 Å². The average molecular weight is 329 g/mol. The zero-order valence-electron chi connectivity index (χ0n) is 11.3. The Bertz CT molecular complexity index is 783. The van der Waals surface area contributed by atoms with Crippen molar-refractivity contribution in [3.8, 4) is 5.75 Å². The molecule has 0 atom stereocenters. The van der Waals surface area contributed by atoms with Gasteiger partial charge in [-0.05, 0) is 18.2 Å². The lowest BCUT2D eigenvalue weighted by Crippen LogP contribution is -2.31. The van der Waals surface area contributed by atoms with Crippen molar-refractivity contribution in [2.75, 3.05) is 25.1 Å². The van der Waals surface area contributed by atoms with Crippen molar-refractivity contribution < 1.29 is 17.9 Å². The van der Waals surface area contributed by atoms with Gasteiger partial charge in [-0.2, -0.15) is 0 Å². The molecule has 21 heavy (non-hydrogen) atoms.